The predicted octanol–water partition coefficient (Wildman–Crippen LogP) is 5.89. The fraction of sp³-hybridized carbons (Fsp3) is 0.182. The number of carbonyl (C=O) groups is 1. The highest BCUT2D eigenvalue weighted by molar-refractivity contribution is 9.10. The van der Waals surface area contributed by atoms with E-state index in [9.17, 15) is 4.79 Å². The van der Waals surface area contributed by atoms with Crippen LogP contribution >= 0.6 is 39.3 Å². The summed E-state index contributed by atoms with van der Waals surface area (Å²) >= 11 is 11.2. The van der Waals surface area contributed by atoms with Crippen LogP contribution in [-0.4, -0.2) is 22.4 Å². The lowest BCUT2D eigenvalue weighted by Crippen LogP contribution is -2.19. The second kappa shape index (κ2) is 10.1. The molecule has 0 saturated heterocycles. The van der Waals surface area contributed by atoms with Gasteiger partial charge in [-0.05, 0) is 49.7 Å². The Morgan fingerprint density at radius 1 is 1.21 bits per heavy atom. The molecule has 1 amide bonds. The average molecular weight is 491 g/mol. The molecule has 2 aromatic carbocycles. The summed E-state index contributed by atoms with van der Waals surface area (Å²) < 4.78 is 3.17. The van der Waals surface area contributed by atoms with Gasteiger partial charge in [-0.3, -0.25) is 4.79 Å². The molecule has 0 aliphatic carbocycles. The van der Waals surface area contributed by atoms with Gasteiger partial charge in [0.05, 0.1) is 12.0 Å². The zero-order chi connectivity index (χ0) is 20.8. The van der Waals surface area contributed by atoms with Gasteiger partial charge in [0.1, 0.15) is 0 Å². The summed E-state index contributed by atoms with van der Waals surface area (Å²) in [6, 6.07) is 17.8. The number of nitrogens with zero attached hydrogens (tertiary/aromatic N) is 2. The lowest BCUT2D eigenvalue weighted by atomic mass is 10.2. The van der Waals surface area contributed by atoms with Crippen molar-refractivity contribution in [1.82, 2.24) is 9.99 Å². The van der Waals surface area contributed by atoms with E-state index in [0.717, 1.165) is 32.9 Å². The van der Waals surface area contributed by atoms with Gasteiger partial charge in [0.2, 0.25) is 5.91 Å². The second-order valence-corrected chi connectivity index (χ2v) is 8.80. The molecule has 0 bridgehead atoms. The molecule has 3 aromatic rings. The van der Waals surface area contributed by atoms with E-state index in [2.05, 4.69) is 31.0 Å². The number of hydrogen-bond acceptors (Lipinski definition) is 3. The van der Waals surface area contributed by atoms with Gasteiger partial charge in [0, 0.05) is 37.9 Å². The molecule has 0 fully saturated rings. The zero-order valence-corrected chi connectivity index (χ0v) is 19.3. The molecule has 0 unspecified atom stereocenters. The fourth-order valence-electron chi connectivity index (χ4n) is 3.01. The maximum Gasteiger partial charge on any atom is 0.250 e. The first-order valence-corrected chi connectivity index (χ1v) is 11.4. The smallest absolute Gasteiger partial charge is 0.250 e. The second-order valence-electron chi connectivity index (χ2n) is 6.52. The van der Waals surface area contributed by atoms with E-state index < -0.39 is 0 Å². The molecule has 0 spiro atoms. The Hall–Kier alpha value is -2.02. The van der Waals surface area contributed by atoms with E-state index in [4.69, 9.17) is 11.6 Å². The Bertz CT molecular complexity index is 1050. The zero-order valence-electron chi connectivity index (χ0n) is 16.2. The Morgan fingerprint density at radius 3 is 2.76 bits per heavy atom. The lowest BCUT2D eigenvalue weighted by molar-refractivity contribution is -0.118. The van der Waals surface area contributed by atoms with Crippen LogP contribution in [0.3, 0.4) is 0 Å². The first-order chi connectivity index (χ1) is 14.0. The highest BCUT2D eigenvalue weighted by Gasteiger charge is 2.10. The molecule has 7 heteroatoms. The van der Waals surface area contributed by atoms with Crippen LogP contribution in [0.15, 0.2) is 64.2 Å². The number of aryl methyl sites for hydroxylation is 1. The van der Waals surface area contributed by atoms with E-state index in [0.29, 0.717) is 10.8 Å². The van der Waals surface area contributed by atoms with Gasteiger partial charge < -0.3 is 4.57 Å². The van der Waals surface area contributed by atoms with Crippen LogP contribution in [-0.2, 0) is 10.5 Å². The minimum atomic E-state index is -0.123. The van der Waals surface area contributed by atoms with E-state index in [1.54, 1.807) is 18.0 Å². The summed E-state index contributed by atoms with van der Waals surface area (Å²) in [6.07, 6.45) is 1.68. The summed E-state index contributed by atoms with van der Waals surface area (Å²) in [5, 5.41) is 4.82. The van der Waals surface area contributed by atoms with Crippen molar-refractivity contribution in [3.8, 4) is 5.69 Å². The number of carbonyl (C=O) groups excluding carboxylic acids is 1. The third-order valence-electron chi connectivity index (χ3n) is 4.38. The standard InChI is InChI=1S/C22H21BrClN3OS/c1-15-10-18(16(2)27(15)20-8-5-7-19(24)11-20)12-25-26-22(28)14-29-13-17-6-3-4-9-21(17)23/h3-12H,13-14H2,1-2H3,(H,26,28)/b25-12+. The van der Waals surface area contributed by atoms with Gasteiger partial charge in [-0.1, -0.05) is 51.8 Å². The molecule has 0 aliphatic rings. The monoisotopic (exact) mass is 489 g/mol. The predicted molar refractivity (Wildman–Crippen MR) is 126 cm³/mol. The molecule has 0 aliphatic heterocycles. The summed E-state index contributed by atoms with van der Waals surface area (Å²) in [5.74, 6) is 0.987. The van der Waals surface area contributed by atoms with Gasteiger partial charge in [-0.15, -0.1) is 11.8 Å². The largest absolute Gasteiger partial charge is 0.318 e. The number of halogens is 2. The van der Waals surface area contributed by atoms with E-state index in [1.165, 1.54) is 5.56 Å². The molecule has 0 radical (unpaired) electrons. The molecule has 1 N–H and O–H groups in total. The maximum absolute atomic E-state index is 12.0. The highest BCUT2D eigenvalue weighted by Crippen LogP contribution is 2.22. The van der Waals surface area contributed by atoms with Crippen molar-refractivity contribution < 1.29 is 4.79 Å². The number of hydrogen-bond donors (Lipinski definition) is 1. The molecule has 0 saturated carbocycles. The molecular formula is C22H21BrClN3OS. The van der Waals surface area contributed by atoms with Crippen LogP contribution < -0.4 is 5.43 Å². The van der Waals surface area contributed by atoms with Crippen molar-refractivity contribution >= 4 is 51.4 Å². The van der Waals surface area contributed by atoms with Crippen LogP contribution in [0, 0.1) is 13.8 Å². The average Bonchev–Trinajstić information content (AvgIpc) is 2.97. The van der Waals surface area contributed by atoms with Crippen LogP contribution in [0.5, 0.6) is 0 Å². The number of hydrazone groups is 1. The summed E-state index contributed by atoms with van der Waals surface area (Å²) in [6.45, 7) is 4.05. The Labute approximate surface area is 188 Å². The van der Waals surface area contributed by atoms with Crippen molar-refractivity contribution in [1.29, 1.82) is 0 Å². The van der Waals surface area contributed by atoms with Crippen LogP contribution in [0.4, 0.5) is 0 Å². The Morgan fingerprint density at radius 2 is 2.00 bits per heavy atom. The van der Waals surface area contributed by atoms with Gasteiger partial charge in [0.15, 0.2) is 0 Å². The molecular weight excluding hydrogens is 470 g/mol. The quantitative estimate of drug-likeness (QED) is 0.331. The maximum atomic E-state index is 12.0. The van der Waals surface area contributed by atoms with Gasteiger partial charge in [-0.2, -0.15) is 5.10 Å². The SMILES string of the molecule is Cc1cc(/C=N/NC(=O)CSCc2ccccc2Br)c(C)n1-c1cccc(Cl)c1. The molecule has 3 rings (SSSR count). The number of benzene rings is 2. The summed E-state index contributed by atoms with van der Waals surface area (Å²) in [7, 11) is 0. The third-order valence-corrected chi connectivity index (χ3v) is 6.37. The molecule has 29 heavy (non-hydrogen) atoms. The van der Waals surface area contributed by atoms with Gasteiger partial charge in [-0.25, -0.2) is 5.43 Å². The molecule has 150 valence electrons. The van der Waals surface area contributed by atoms with Crippen molar-refractivity contribution in [2.45, 2.75) is 19.6 Å². The van der Waals surface area contributed by atoms with E-state index in [-0.39, 0.29) is 5.91 Å². The Balaban J connectivity index is 1.57. The van der Waals surface area contributed by atoms with Crippen LogP contribution in [0.25, 0.3) is 5.69 Å². The topological polar surface area (TPSA) is 46.4 Å². The number of aromatic nitrogens is 1. The number of amides is 1. The van der Waals surface area contributed by atoms with Crippen molar-refractivity contribution in [3.05, 3.63) is 86.6 Å². The lowest BCUT2D eigenvalue weighted by Gasteiger charge is -2.09. The fourth-order valence-corrected chi connectivity index (χ4v) is 4.62. The molecule has 4 nitrogen and oxygen atoms in total. The van der Waals surface area contributed by atoms with Crippen LogP contribution in [0.2, 0.25) is 5.02 Å². The number of rotatable bonds is 7. The highest BCUT2D eigenvalue weighted by atomic mass is 79.9. The van der Waals surface area contributed by atoms with Crippen molar-refractivity contribution in [3.63, 3.8) is 0 Å². The van der Waals surface area contributed by atoms with Gasteiger partial charge in [0.25, 0.3) is 0 Å². The van der Waals surface area contributed by atoms with E-state index >= 15 is 0 Å². The van der Waals surface area contributed by atoms with E-state index in [1.807, 2.05) is 68.4 Å². The first kappa shape index (κ1) is 21.7. The summed E-state index contributed by atoms with van der Waals surface area (Å²) in [5.41, 5.74) is 7.82. The summed E-state index contributed by atoms with van der Waals surface area (Å²) in [4.78, 5) is 12.0. The minimum absolute atomic E-state index is 0.123. The first-order valence-electron chi connectivity index (χ1n) is 9.03. The Kier molecular flexibility index (Phi) is 7.58. The van der Waals surface area contributed by atoms with Gasteiger partial charge >= 0.3 is 0 Å². The molecule has 1 aromatic heterocycles. The normalized spacial score (nSPS) is 11.2. The molecule has 0 atom stereocenters. The number of nitrogens with one attached hydrogen (secondary N) is 1. The van der Waals surface area contributed by atoms with Crippen LogP contribution in [0.1, 0.15) is 22.5 Å². The minimum Gasteiger partial charge on any atom is -0.318 e. The van der Waals surface area contributed by atoms with Crippen molar-refractivity contribution in [2.24, 2.45) is 5.10 Å². The van der Waals surface area contributed by atoms with Crippen molar-refractivity contribution in [2.75, 3.05) is 5.75 Å². The number of thioether (sulfide) groups is 1. The third kappa shape index (κ3) is 5.75. The molecule has 1 heterocycles.